The molecule has 1 heterocycles. The topological polar surface area (TPSA) is 35.6 Å². The highest BCUT2D eigenvalue weighted by Crippen LogP contribution is 2.23. The summed E-state index contributed by atoms with van der Waals surface area (Å²) in [5, 5.41) is 3.13. The van der Waals surface area contributed by atoms with Gasteiger partial charge in [0, 0.05) is 6.54 Å². The number of hydrogen-bond donors (Lipinski definition) is 1. The van der Waals surface area contributed by atoms with E-state index in [1.54, 1.807) is 11.0 Å². The first-order valence-corrected chi connectivity index (χ1v) is 6.51. The summed E-state index contributed by atoms with van der Waals surface area (Å²) in [5.74, 6) is -0.195. The lowest BCUT2D eigenvalue weighted by molar-refractivity contribution is -0.128. The van der Waals surface area contributed by atoms with Gasteiger partial charge < -0.3 is 9.80 Å². The molecule has 1 aromatic carbocycles. The van der Waals surface area contributed by atoms with Crippen LogP contribution < -0.4 is 5.32 Å². The summed E-state index contributed by atoms with van der Waals surface area (Å²) in [6.45, 7) is 1.94. The first-order valence-electron chi connectivity index (χ1n) is 6.51. The third kappa shape index (κ3) is 3.52. The van der Waals surface area contributed by atoms with Crippen LogP contribution in [0.3, 0.4) is 0 Å². The summed E-state index contributed by atoms with van der Waals surface area (Å²) < 4.78 is 13.3. The lowest BCUT2D eigenvalue weighted by atomic mass is 10.1. The van der Waals surface area contributed by atoms with E-state index in [2.05, 4.69) is 10.2 Å². The Morgan fingerprint density at radius 3 is 2.95 bits per heavy atom. The molecular weight excluding hydrogens is 245 g/mol. The molecule has 1 atom stereocenters. The zero-order valence-electron chi connectivity index (χ0n) is 11.4. The monoisotopic (exact) mass is 265 g/mol. The normalized spacial score (nSPS) is 19.5. The SMILES string of the molecule is CN(C)CCCN1C(=O)CNC1c1cccc(F)c1. The van der Waals surface area contributed by atoms with Crippen molar-refractivity contribution in [3.05, 3.63) is 35.6 Å². The van der Waals surface area contributed by atoms with E-state index in [4.69, 9.17) is 0 Å². The Hall–Kier alpha value is -1.46. The molecule has 19 heavy (non-hydrogen) atoms. The molecule has 0 aliphatic carbocycles. The van der Waals surface area contributed by atoms with Crippen LogP contribution in [0.4, 0.5) is 4.39 Å². The standard InChI is InChI=1S/C14H20FN3O/c1-17(2)7-4-8-18-13(19)10-16-14(18)11-5-3-6-12(15)9-11/h3,5-6,9,14,16H,4,7-8,10H2,1-2H3. The summed E-state index contributed by atoms with van der Waals surface area (Å²) in [4.78, 5) is 15.8. The van der Waals surface area contributed by atoms with Crippen molar-refractivity contribution in [2.45, 2.75) is 12.6 Å². The summed E-state index contributed by atoms with van der Waals surface area (Å²) in [6.07, 6.45) is 0.706. The zero-order valence-corrected chi connectivity index (χ0v) is 11.4. The van der Waals surface area contributed by atoms with Gasteiger partial charge in [-0.15, -0.1) is 0 Å². The number of hydrogen-bond acceptors (Lipinski definition) is 3. The molecule has 0 bridgehead atoms. The van der Waals surface area contributed by atoms with Gasteiger partial charge >= 0.3 is 0 Å². The largest absolute Gasteiger partial charge is 0.322 e. The molecule has 2 rings (SSSR count). The van der Waals surface area contributed by atoms with Crippen molar-refractivity contribution < 1.29 is 9.18 Å². The fraction of sp³-hybridized carbons (Fsp3) is 0.500. The molecule has 1 aromatic rings. The van der Waals surface area contributed by atoms with Crippen molar-refractivity contribution >= 4 is 5.91 Å². The summed E-state index contributed by atoms with van der Waals surface area (Å²) in [7, 11) is 4.02. The lowest BCUT2D eigenvalue weighted by Crippen LogP contribution is -2.32. The van der Waals surface area contributed by atoms with Gasteiger partial charge in [-0.05, 0) is 44.8 Å². The Labute approximate surface area is 113 Å². The number of halogens is 1. The van der Waals surface area contributed by atoms with Crippen LogP contribution >= 0.6 is 0 Å². The third-order valence-electron chi connectivity index (χ3n) is 3.25. The summed E-state index contributed by atoms with van der Waals surface area (Å²) >= 11 is 0. The molecule has 5 heteroatoms. The Balaban J connectivity index is 2.04. The lowest BCUT2D eigenvalue weighted by Gasteiger charge is -2.25. The second-order valence-corrected chi connectivity index (χ2v) is 5.08. The van der Waals surface area contributed by atoms with Gasteiger partial charge in [0.15, 0.2) is 0 Å². The zero-order chi connectivity index (χ0) is 13.8. The van der Waals surface area contributed by atoms with Crippen molar-refractivity contribution in [2.24, 2.45) is 0 Å². The van der Waals surface area contributed by atoms with Crippen LogP contribution in [0.25, 0.3) is 0 Å². The molecule has 0 spiro atoms. The maximum atomic E-state index is 13.3. The van der Waals surface area contributed by atoms with Crippen molar-refractivity contribution in [3.8, 4) is 0 Å². The van der Waals surface area contributed by atoms with Crippen LogP contribution in [-0.4, -0.2) is 49.4 Å². The van der Waals surface area contributed by atoms with E-state index >= 15 is 0 Å². The number of carbonyl (C=O) groups is 1. The first-order chi connectivity index (χ1) is 9.08. The number of rotatable bonds is 5. The van der Waals surface area contributed by atoms with Gasteiger partial charge in [-0.3, -0.25) is 10.1 Å². The maximum Gasteiger partial charge on any atom is 0.238 e. The fourth-order valence-electron chi connectivity index (χ4n) is 2.33. The minimum atomic E-state index is -0.271. The van der Waals surface area contributed by atoms with E-state index in [0.717, 1.165) is 18.5 Å². The molecule has 1 fully saturated rings. The molecule has 104 valence electrons. The van der Waals surface area contributed by atoms with Gasteiger partial charge in [-0.25, -0.2) is 4.39 Å². The molecule has 1 aliphatic heterocycles. The van der Waals surface area contributed by atoms with Crippen molar-refractivity contribution in [1.82, 2.24) is 15.1 Å². The molecular formula is C14H20FN3O. The highest BCUT2D eigenvalue weighted by atomic mass is 19.1. The van der Waals surface area contributed by atoms with Gasteiger partial charge in [0.05, 0.1) is 6.54 Å². The summed E-state index contributed by atoms with van der Waals surface area (Å²) in [5.41, 5.74) is 0.802. The Bertz CT molecular complexity index is 450. The Morgan fingerprint density at radius 2 is 2.26 bits per heavy atom. The molecule has 4 nitrogen and oxygen atoms in total. The Morgan fingerprint density at radius 1 is 1.47 bits per heavy atom. The van der Waals surface area contributed by atoms with Crippen LogP contribution in [0.1, 0.15) is 18.2 Å². The van der Waals surface area contributed by atoms with E-state index in [9.17, 15) is 9.18 Å². The number of amides is 1. The van der Waals surface area contributed by atoms with E-state index in [1.165, 1.54) is 12.1 Å². The number of nitrogens with zero attached hydrogens (tertiary/aromatic N) is 2. The van der Waals surface area contributed by atoms with Crippen molar-refractivity contribution in [2.75, 3.05) is 33.7 Å². The van der Waals surface area contributed by atoms with Gasteiger partial charge in [0.1, 0.15) is 12.0 Å². The molecule has 1 amide bonds. The van der Waals surface area contributed by atoms with E-state index in [-0.39, 0.29) is 17.9 Å². The highest BCUT2D eigenvalue weighted by Gasteiger charge is 2.31. The second-order valence-electron chi connectivity index (χ2n) is 5.08. The maximum absolute atomic E-state index is 13.3. The number of nitrogens with one attached hydrogen (secondary N) is 1. The molecule has 1 N–H and O–H groups in total. The van der Waals surface area contributed by atoms with E-state index in [0.29, 0.717) is 13.1 Å². The molecule has 1 unspecified atom stereocenters. The smallest absolute Gasteiger partial charge is 0.238 e. The van der Waals surface area contributed by atoms with Gasteiger partial charge in [0.25, 0.3) is 0 Å². The van der Waals surface area contributed by atoms with Gasteiger partial charge in [0.2, 0.25) is 5.91 Å². The molecule has 1 aliphatic rings. The van der Waals surface area contributed by atoms with E-state index in [1.807, 2.05) is 20.2 Å². The minimum absolute atomic E-state index is 0.0769. The average molecular weight is 265 g/mol. The third-order valence-corrected chi connectivity index (χ3v) is 3.25. The van der Waals surface area contributed by atoms with Crippen LogP contribution in [0.2, 0.25) is 0 Å². The Kier molecular flexibility index (Phi) is 4.50. The van der Waals surface area contributed by atoms with Crippen LogP contribution in [0.5, 0.6) is 0 Å². The quantitative estimate of drug-likeness (QED) is 0.869. The van der Waals surface area contributed by atoms with Crippen LogP contribution in [-0.2, 0) is 4.79 Å². The summed E-state index contributed by atoms with van der Waals surface area (Å²) in [6, 6.07) is 6.41. The molecule has 0 radical (unpaired) electrons. The fourth-order valence-corrected chi connectivity index (χ4v) is 2.33. The minimum Gasteiger partial charge on any atom is -0.322 e. The average Bonchev–Trinajstić information content (AvgIpc) is 2.71. The van der Waals surface area contributed by atoms with Crippen LogP contribution in [0.15, 0.2) is 24.3 Å². The first kappa shape index (κ1) is 14.0. The molecule has 0 saturated carbocycles. The van der Waals surface area contributed by atoms with E-state index < -0.39 is 0 Å². The highest BCUT2D eigenvalue weighted by molar-refractivity contribution is 5.80. The second kappa shape index (κ2) is 6.12. The predicted molar refractivity (Wildman–Crippen MR) is 72.0 cm³/mol. The van der Waals surface area contributed by atoms with Crippen LogP contribution in [0, 0.1) is 5.82 Å². The number of carbonyl (C=O) groups excluding carboxylic acids is 1. The van der Waals surface area contributed by atoms with Gasteiger partial charge in [-0.1, -0.05) is 12.1 Å². The predicted octanol–water partition coefficient (Wildman–Crippen LogP) is 1.21. The molecule has 1 saturated heterocycles. The van der Waals surface area contributed by atoms with Crippen molar-refractivity contribution in [3.63, 3.8) is 0 Å². The van der Waals surface area contributed by atoms with Crippen molar-refractivity contribution in [1.29, 1.82) is 0 Å². The molecule has 0 aromatic heterocycles. The van der Waals surface area contributed by atoms with Gasteiger partial charge in [-0.2, -0.15) is 0 Å². The number of benzene rings is 1.